The van der Waals surface area contributed by atoms with Gasteiger partial charge in [-0.2, -0.15) is 5.10 Å². The summed E-state index contributed by atoms with van der Waals surface area (Å²) in [6.45, 7) is 4.01. The van der Waals surface area contributed by atoms with Crippen molar-refractivity contribution >= 4 is 23.5 Å². The summed E-state index contributed by atoms with van der Waals surface area (Å²) in [7, 11) is 0. The SMILES string of the molecule is CC(C)Oc1cccc([C@@H]2SCC(=O)Nc3[nH]ncc32)c1. The molecule has 0 radical (unpaired) electrons. The van der Waals surface area contributed by atoms with Gasteiger partial charge in [0.1, 0.15) is 11.6 Å². The number of nitrogens with one attached hydrogen (secondary N) is 2. The van der Waals surface area contributed by atoms with Gasteiger partial charge >= 0.3 is 0 Å². The van der Waals surface area contributed by atoms with E-state index in [4.69, 9.17) is 4.74 Å². The Balaban J connectivity index is 1.95. The highest BCUT2D eigenvalue weighted by molar-refractivity contribution is 8.00. The second-order valence-electron chi connectivity index (χ2n) is 5.18. The van der Waals surface area contributed by atoms with Crippen molar-refractivity contribution in [1.29, 1.82) is 0 Å². The van der Waals surface area contributed by atoms with E-state index in [-0.39, 0.29) is 17.3 Å². The minimum absolute atomic E-state index is 0.0115. The standard InChI is InChI=1S/C15H17N3O2S/c1-9(2)20-11-5-3-4-10(6-11)14-12-7-16-18-15(12)17-13(19)8-21-14/h3-7,9,14H,8H2,1-2H3,(H2,16,17,18,19)/t14-/m0/s1. The van der Waals surface area contributed by atoms with E-state index in [9.17, 15) is 4.79 Å². The van der Waals surface area contributed by atoms with Gasteiger partial charge in [0.15, 0.2) is 0 Å². The Kier molecular flexibility index (Phi) is 3.88. The first kappa shape index (κ1) is 14.0. The summed E-state index contributed by atoms with van der Waals surface area (Å²) >= 11 is 1.59. The monoisotopic (exact) mass is 303 g/mol. The van der Waals surface area contributed by atoms with Crippen molar-refractivity contribution in [2.75, 3.05) is 11.1 Å². The Morgan fingerprint density at radius 1 is 1.43 bits per heavy atom. The second kappa shape index (κ2) is 5.81. The Hall–Kier alpha value is -1.95. The Morgan fingerprint density at radius 2 is 2.29 bits per heavy atom. The number of hydrogen-bond acceptors (Lipinski definition) is 4. The Bertz CT molecular complexity index is 654. The molecule has 2 heterocycles. The van der Waals surface area contributed by atoms with E-state index < -0.39 is 0 Å². The van der Waals surface area contributed by atoms with Crippen LogP contribution in [0.5, 0.6) is 5.75 Å². The van der Waals surface area contributed by atoms with Gasteiger partial charge in [-0.05, 0) is 31.5 Å². The molecule has 0 aliphatic carbocycles. The number of carbonyl (C=O) groups excluding carboxylic acids is 1. The lowest BCUT2D eigenvalue weighted by atomic mass is 10.1. The molecule has 3 rings (SSSR count). The number of H-pyrrole nitrogens is 1. The Labute approximate surface area is 127 Å². The molecular weight excluding hydrogens is 286 g/mol. The molecule has 0 fully saturated rings. The van der Waals surface area contributed by atoms with E-state index in [1.54, 1.807) is 18.0 Å². The van der Waals surface area contributed by atoms with E-state index in [0.717, 1.165) is 16.9 Å². The topological polar surface area (TPSA) is 67.0 Å². The molecular formula is C15H17N3O2S. The first-order valence-electron chi connectivity index (χ1n) is 6.85. The number of thioether (sulfide) groups is 1. The third-order valence-corrected chi connectivity index (χ3v) is 4.42. The van der Waals surface area contributed by atoms with Gasteiger partial charge in [0.2, 0.25) is 5.91 Å². The van der Waals surface area contributed by atoms with Gasteiger partial charge in [0.25, 0.3) is 0 Å². The number of aromatic amines is 1. The second-order valence-corrected chi connectivity index (χ2v) is 6.27. The quantitative estimate of drug-likeness (QED) is 0.915. The molecule has 0 saturated heterocycles. The number of amides is 1. The number of fused-ring (bicyclic) bond motifs is 1. The van der Waals surface area contributed by atoms with Gasteiger partial charge in [-0.3, -0.25) is 9.89 Å². The van der Waals surface area contributed by atoms with Crippen LogP contribution in [0.2, 0.25) is 0 Å². The lowest BCUT2D eigenvalue weighted by molar-refractivity contribution is -0.113. The lowest BCUT2D eigenvalue weighted by Gasteiger charge is -2.16. The van der Waals surface area contributed by atoms with Crippen molar-refractivity contribution in [2.45, 2.75) is 25.2 Å². The summed E-state index contributed by atoms with van der Waals surface area (Å²) in [5, 5.41) is 9.79. The van der Waals surface area contributed by atoms with Crippen LogP contribution >= 0.6 is 11.8 Å². The molecule has 1 aromatic heterocycles. The average molecular weight is 303 g/mol. The maximum atomic E-state index is 11.7. The van der Waals surface area contributed by atoms with Gasteiger partial charge in [0, 0.05) is 5.56 Å². The normalized spacial score (nSPS) is 18.0. The average Bonchev–Trinajstić information content (AvgIpc) is 2.81. The Morgan fingerprint density at radius 3 is 3.10 bits per heavy atom. The van der Waals surface area contributed by atoms with Gasteiger partial charge < -0.3 is 10.1 Å². The van der Waals surface area contributed by atoms with Crippen molar-refractivity contribution in [1.82, 2.24) is 10.2 Å². The fraction of sp³-hybridized carbons (Fsp3) is 0.333. The number of rotatable bonds is 3. The van der Waals surface area contributed by atoms with Crippen molar-refractivity contribution in [2.24, 2.45) is 0 Å². The van der Waals surface area contributed by atoms with Gasteiger partial charge in [-0.15, -0.1) is 11.8 Å². The molecule has 1 aromatic carbocycles. The highest BCUT2D eigenvalue weighted by Gasteiger charge is 2.25. The first-order chi connectivity index (χ1) is 10.1. The molecule has 0 unspecified atom stereocenters. The molecule has 1 aliphatic rings. The lowest BCUT2D eigenvalue weighted by Crippen LogP contribution is -2.12. The summed E-state index contributed by atoms with van der Waals surface area (Å²) in [5.41, 5.74) is 2.10. The number of hydrogen-bond donors (Lipinski definition) is 2. The summed E-state index contributed by atoms with van der Waals surface area (Å²) in [6.07, 6.45) is 1.91. The summed E-state index contributed by atoms with van der Waals surface area (Å²) in [6, 6.07) is 8.01. The smallest absolute Gasteiger partial charge is 0.235 e. The minimum atomic E-state index is -0.0115. The van der Waals surface area contributed by atoms with Crippen LogP contribution in [0.15, 0.2) is 30.5 Å². The number of carbonyl (C=O) groups is 1. The highest BCUT2D eigenvalue weighted by Crippen LogP contribution is 2.41. The van der Waals surface area contributed by atoms with E-state index in [1.165, 1.54) is 0 Å². The summed E-state index contributed by atoms with van der Waals surface area (Å²) < 4.78 is 5.75. The molecule has 0 bridgehead atoms. The highest BCUT2D eigenvalue weighted by atomic mass is 32.2. The van der Waals surface area contributed by atoms with Crippen molar-refractivity contribution in [3.8, 4) is 5.75 Å². The zero-order chi connectivity index (χ0) is 14.8. The van der Waals surface area contributed by atoms with Gasteiger partial charge in [0.05, 0.1) is 23.3 Å². The summed E-state index contributed by atoms with van der Waals surface area (Å²) in [4.78, 5) is 11.7. The number of anilines is 1. The molecule has 5 nitrogen and oxygen atoms in total. The van der Waals surface area contributed by atoms with Crippen molar-refractivity contribution in [3.63, 3.8) is 0 Å². The van der Waals surface area contributed by atoms with Crippen molar-refractivity contribution in [3.05, 3.63) is 41.6 Å². The molecule has 2 N–H and O–H groups in total. The molecule has 0 saturated carbocycles. The van der Waals surface area contributed by atoms with Crippen LogP contribution in [0.25, 0.3) is 0 Å². The largest absolute Gasteiger partial charge is 0.491 e. The molecule has 21 heavy (non-hydrogen) atoms. The molecule has 110 valence electrons. The van der Waals surface area contributed by atoms with E-state index in [2.05, 4.69) is 21.6 Å². The van der Waals surface area contributed by atoms with Crippen LogP contribution in [0, 0.1) is 0 Å². The van der Waals surface area contributed by atoms with Gasteiger partial charge in [-0.25, -0.2) is 0 Å². The number of benzene rings is 1. The molecule has 2 aromatic rings. The zero-order valence-electron chi connectivity index (χ0n) is 11.9. The fourth-order valence-corrected chi connectivity index (χ4v) is 3.41. The first-order valence-corrected chi connectivity index (χ1v) is 7.89. The van der Waals surface area contributed by atoms with Crippen LogP contribution in [0.3, 0.4) is 0 Å². The predicted octanol–water partition coefficient (Wildman–Crippen LogP) is 2.97. The minimum Gasteiger partial charge on any atom is -0.491 e. The van der Waals surface area contributed by atoms with E-state index in [0.29, 0.717) is 11.6 Å². The number of ether oxygens (including phenoxy) is 1. The predicted molar refractivity (Wildman–Crippen MR) is 83.7 cm³/mol. The fourth-order valence-electron chi connectivity index (χ4n) is 2.32. The maximum Gasteiger partial charge on any atom is 0.235 e. The van der Waals surface area contributed by atoms with Gasteiger partial charge in [-0.1, -0.05) is 12.1 Å². The third-order valence-electron chi connectivity index (χ3n) is 3.13. The number of nitrogens with zero attached hydrogens (tertiary/aromatic N) is 1. The van der Waals surface area contributed by atoms with E-state index in [1.807, 2.05) is 32.0 Å². The molecule has 1 atom stereocenters. The van der Waals surface area contributed by atoms with E-state index >= 15 is 0 Å². The van der Waals surface area contributed by atoms with Crippen LogP contribution in [-0.4, -0.2) is 28.0 Å². The molecule has 1 amide bonds. The summed E-state index contributed by atoms with van der Waals surface area (Å²) in [5.74, 6) is 1.94. The van der Waals surface area contributed by atoms with Crippen LogP contribution < -0.4 is 10.1 Å². The van der Waals surface area contributed by atoms with Crippen LogP contribution in [-0.2, 0) is 4.79 Å². The van der Waals surface area contributed by atoms with Crippen LogP contribution in [0.4, 0.5) is 5.82 Å². The number of aromatic nitrogens is 2. The molecule has 6 heteroatoms. The maximum absolute atomic E-state index is 11.7. The zero-order valence-corrected chi connectivity index (χ0v) is 12.7. The van der Waals surface area contributed by atoms with Crippen molar-refractivity contribution < 1.29 is 9.53 Å². The van der Waals surface area contributed by atoms with Crippen LogP contribution in [0.1, 0.15) is 30.2 Å². The molecule has 1 aliphatic heterocycles. The molecule has 0 spiro atoms. The third kappa shape index (κ3) is 3.05.